The monoisotopic (exact) mass is 253 g/mol. The van der Waals surface area contributed by atoms with Gasteiger partial charge in [0.25, 0.3) is 0 Å². The molecule has 1 aromatic carbocycles. The summed E-state index contributed by atoms with van der Waals surface area (Å²) in [5, 5.41) is 9.82. The van der Waals surface area contributed by atoms with E-state index in [-0.39, 0.29) is 17.9 Å². The molecule has 2 unspecified atom stereocenters. The Hall–Kier alpha value is -1.13. The fourth-order valence-corrected chi connectivity index (χ4v) is 2.41. The molecule has 1 fully saturated rings. The topological polar surface area (TPSA) is 32.7 Å². The van der Waals surface area contributed by atoms with E-state index >= 15 is 0 Å². The van der Waals surface area contributed by atoms with Crippen molar-refractivity contribution in [2.75, 3.05) is 19.7 Å². The zero-order chi connectivity index (χ0) is 13.1. The molecule has 0 spiro atoms. The Balaban J connectivity index is 2.12. The fraction of sp³-hybridized carbons (Fsp3) is 0.571. The van der Waals surface area contributed by atoms with Crippen LogP contribution in [0.1, 0.15) is 31.9 Å². The third kappa shape index (κ3) is 2.82. The molecule has 0 aromatic heterocycles. The highest BCUT2D eigenvalue weighted by Gasteiger charge is 2.25. The molecule has 0 aliphatic carbocycles. The predicted octanol–water partition coefficient (Wildman–Crippen LogP) is 2.70. The molecule has 0 amide bonds. The molecule has 1 aromatic rings. The van der Waals surface area contributed by atoms with Crippen molar-refractivity contribution in [3.8, 4) is 5.75 Å². The molecule has 4 heteroatoms. The van der Waals surface area contributed by atoms with Crippen LogP contribution in [0, 0.1) is 5.82 Å². The first-order chi connectivity index (χ1) is 8.61. The lowest BCUT2D eigenvalue weighted by Crippen LogP contribution is -2.43. The lowest BCUT2D eigenvalue weighted by Gasteiger charge is -2.36. The Morgan fingerprint density at radius 1 is 1.56 bits per heavy atom. The van der Waals surface area contributed by atoms with Gasteiger partial charge in [-0.05, 0) is 19.4 Å². The Kier molecular flexibility index (Phi) is 4.19. The van der Waals surface area contributed by atoms with Gasteiger partial charge in [-0.3, -0.25) is 4.90 Å². The number of rotatable bonds is 3. The highest BCUT2D eigenvalue weighted by atomic mass is 19.1. The third-order valence-corrected chi connectivity index (χ3v) is 3.62. The molecule has 3 nitrogen and oxygen atoms in total. The second-order valence-electron chi connectivity index (χ2n) is 4.78. The number of phenolic OH excluding ortho intramolecular Hbond substituents is 1. The number of hydrogen-bond donors (Lipinski definition) is 1. The Morgan fingerprint density at radius 3 is 3.00 bits per heavy atom. The maximum atomic E-state index is 13.0. The highest BCUT2D eigenvalue weighted by Crippen LogP contribution is 2.30. The van der Waals surface area contributed by atoms with Crippen LogP contribution in [-0.4, -0.2) is 35.8 Å². The quantitative estimate of drug-likeness (QED) is 0.899. The lowest BCUT2D eigenvalue weighted by molar-refractivity contribution is -0.0427. The van der Waals surface area contributed by atoms with Crippen LogP contribution in [-0.2, 0) is 4.74 Å². The number of hydrogen-bond acceptors (Lipinski definition) is 3. The molecular formula is C14H20FNO2. The number of halogens is 1. The fourth-order valence-electron chi connectivity index (χ4n) is 2.41. The summed E-state index contributed by atoms with van der Waals surface area (Å²) in [6.07, 6.45) is 1.24. The van der Waals surface area contributed by atoms with Crippen LogP contribution >= 0.6 is 0 Å². The maximum Gasteiger partial charge on any atom is 0.126 e. The molecule has 1 aliphatic heterocycles. The Labute approximate surface area is 107 Å². The molecule has 1 heterocycles. The van der Waals surface area contributed by atoms with Gasteiger partial charge in [0.05, 0.1) is 12.7 Å². The second kappa shape index (κ2) is 5.67. The number of aromatic hydroxyl groups is 1. The zero-order valence-electron chi connectivity index (χ0n) is 10.9. The van der Waals surface area contributed by atoms with E-state index in [1.165, 1.54) is 12.1 Å². The van der Waals surface area contributed by atoms with Crippen molar-refractivity contribution in [1.29, 1.82) is 0 Å². The molecule has 2 atom stereocenters. The van der Waals surface area contributed by atoms with Crippen LogP contribution in [0.15, 0.2) is 18.2 Å². The third-order valence-electron chi connectivity index (χ3n) is 3.62. The first kappa shape index (κ1) is 13.3. The minimum atomic E-state index is -0.406. The summed E-state index contributed by atoms with van der Waals surface area (Å²) in [5.41, 5.74) is 0.771. The smallest absolute Gasteiger partial charge is 0.126 e. The molecule has 0 bridgehead atoms. The van der Waals surface area contributed by atoms with E-state index in [1.807, 2.05) is 6.92 Å². The molecule has 0 radical (unpaired) electrons. The van der Waals surface area contributed by atoms with Crippen LogP contribution in [0.4, 0.5) is 4.39 Å². The SMILES string of the molecule is CCC1CN(C(C)c2ccc(F)cc2O)CCO1. The first-order valence-corrected chi connectivity index (χ1v) is 6.46. The summed E-state index contributed by atoms with van der Waals surface area (Å²) in [4.78, 5) is 2.27. The molecule has 2 rings (SSSR count). The number of morpholine rings is 1. The predicted molar refractivity (Wildman–Crippen MR) is 68.1 cm³/mol. The van der Waals surface area contributed by atoms with Crippen molar-refractivity contribution in [1.82, 2.24) is 4.90 Å². The van der Waals surface area contributed by atoms with Gasteiger partial charge in [-0.15, -0.1) is 0 Å². The van der Waals surface area contributed by atoms with E-state index < -0.39 is 5.82 Å². The second-order valence-corrected chi connectivity index (χ2v) is 4.78. The van der Waals surface area contributed by atoms with Gasteiger partial charge >= 0.3 is 0 Å². The molecular weight excluding hydrogens is 233 g/mol. The minimum absolute atomic E-state index is 0.0297. The van der Waals surface area contributed by atoms with Crippen LogP contribution in [0.2, 0.25) is 0 Å². The van der Waals surface area contributed by atoms with E-state index in [2.05, 4.69) is 11.8 Å². The lowest BCUT2D eigenvalue weighted by atomic mass is 10.0. The maximum absolute atomic E-state index is 13.0. The summed E-state index contributed by atoms with van der Waals surface area (Å²) >= 11 is 0. The summed E-state index contributed by atoms with van der Waals surface area (Å²) in [7, 11) is 0. The largest absolute Gasteiger partial charge is 0.508 e. The van der Waals surface area contributed by atoms with E-state index in [0.29, 0.717) is 6.61 Å². The molecule has 0 saturated carbocycles. The standard InChI is InChI=1S/C14H20FNO2/c1-3-12-9-16(6-7-18-12)10(2)13-5-4-11(15)8-14(13)17/h4-5,8,10,12,17H,3,6-7,9H2,1-2H3. The Morgan fingerprint density at radius 2 is 2.33 bits per heavy atom. The van der Waals surface area contributed by atoms with Crippen molar-refractivity contribution in [3.63, 3.8) is 0 Å². The van der Waals surface area contributed by atoms with E-state index in [9.17, 15) is 9.50 Å². The van der Waals surface area contributed by atoms with Crippen molar-refractivity contribution < 1.29 is 14.2 Å². The Bertz CT molecular complexity index is 411. The average molecular weight is 253 g/mol. The molecule has 18 heavy (non-hydrogen) atoms. The molecule has 100 valence electrons. The van der Waals surface area contributed by atoms with Crippen molar-refractivity contribution in [3.05, 3.63) is 29.6 Å². The number of nitrogens with zero attached hydrogens (tertiary/aromatic N) is 1. The summed E-state index contributed by atoms with van der Waals surface area (Å²) in [6, 6.07) is 4.29. The number of benzene rings is 1. The molecule has 1 aliphatic rings. The van der Waals surface area contributed by atoms with Gasteiger partial charge in [0.15, 0.2) is 0 Å². The van der Waals surface area contributed by atoms with Gasteiger partial charge < -0.3 is 9.84 Å². The van der Waals surface area contributed by atoms with Gasteiger partial charge in [0, 0.05) is 30.8 Å². The number of ether oxygens (including phenoxy) is 1. The van der Waals surface area contributed by atoms with Crippen LogP contribution in [0.25, 0.3) is 0 Å². The number of phenols is 1. The van der Waals surface area contributed by atoms with E-state index in [1.54, 1.807) is 6.07 Å². The summed E-state index contributed by atoms with van der Waals surface area (Å²) < 4.78 is 18.6. The highest BCUT2D eigenvalue weighted by molar-refractivity contribution is 5.35. The van der Waals surface area contributed by atoms with E-state index in [4.69, 9.17) is 4.74 Å². The van der Waals surface area contributed by atoms with Gasteiger partial charge in [-0.25, -0.2) is 4.39 Å². The van der Waals surface area contributed by atoms with Crippen molar-refractivity contribution in [2.24, 2.45) is 0 Å². The zero-order valence-corrected chi connectivity index (χ0v) is 10.9. The normalized spacial score (nSPS) is 22.9. The van der Waals surface area contributed by atoms with Gasteiger partial charge in [0.1, 0.15) is 11.6 Å². The van der Waals surface area contributed by atoms with Gasteiger partial charge in [-0.1, -0.05) is 13.0 Å². The van der Waals surface area contributed by atoms with Crippen molar-refractivity contribution >= 4 is 0 Å². The average Bonchev–Trinajstić information content (AvgIpc) is 2.38. The van der Waals surface area contributed by atoms with Crippen molar-refractivity contribution in [2.45, 2.75) is 32.4 Å². The van der Waals surface area contributed by atoms with Crippen LogP contribution in [0.5, 0.6) is 5.75 Å². The summed E-state index contributed by atoms with van der Waals surface area (Å²) in [5.74, 6) is -0.376. The van der Waals surface area contributed by atoms with Gasteiger partial charge in [-0.2, -0.15) is 0 Å². The van der Waals surface area contributed by atoms with Crippen LogP contribution in [0.3, 0.4) is 0 Å². The summed E-state index contributed by atoms with van der Waals surface area (Å²) in [6.45, 7) is 6.55. The van der Waals surface area contributed by atoms with E-state index in [0.717, 1.165) is 25.1 Å². The molecule has 1 N–H and O–H groups in total. The first-order valence-electron chi connectivity index (χ1n) is 6.46. The van der Waals surface area contributed by atoms with Crippen LogP contribution < -0.4 is 0 Å². The minimum Gasteiger partial charge on any atom is -0.508 e. The molecule has 1 saturated heterocycles. The van der Waals surface area contributed by atoms with Gasteiger partial charge in [0.2, 0.25) is 0 Å².